The van der Waals surface area contributed by atoms with E-state index in [0.29, 0.717) is 22.7 Å². The molecule has 0 aliphatic carbocycles. The lowest BCUT2D eigenvalue weighted by atomic mass is 10.1. The molecule has 5 rings (SSSR count). The fraction of sp³-hybridized carbons (Fsp3) is 0.0909. The maximum absolute atomic E-state index is 14.4. The summed E-state index contributed by atoms with van der Waals surface area (Å²) in [4.78, 5) is 13.2. The van der Waals surface area contributed by atoms with Gasteiger partial charge in [-0.1, -0.05) is 47.6 Å². The minimum Gasteiger partial charge on any atom is -0.395 e. The first-order chi connectivity index (χ1) is 16.1. The molecular weight excluding hydrogens is 503 g/mol. The van der Waals surface area contributed by atoms with Crippen LogP contribution in [0.5, 0.6) is 11.5 Å². The molecule has 0 fully saturated rings. The number of para-hydroxylation sites is 1. The van der Waals surface area contributed by atoms with Gasteiger partial charge in [-0.25, -0.2) is 18.2 Å². The first kappa shape index (κ1) is 22.5. The smallest absolute Gasteiger partial charge is 0.395 e. The Kier molecular flexibility index (Phi) is 5.40. The maximum Gasteiger partial charge on any atom is 0.586 e. The molecule has 0 radical (unpaired) electrons. The lowest BCUT2D eigenvalue weighted by Gasteiger charge is -2.22. The van der Waals surface area contributed by atoms with Gasteiger partial charge in [0.25, 0.3) is 5.91 Å². The number of hydrogen-bond acceptors (Lipinski definition) is 5. The van der Waals surface area contributed by atoms with Crippen LogP contribution in [0.4, 0.5) is 22.0 Å². The fourth-order valence-corrected chi connectivity index (χ4v) is 4.74. The monoisotopic (exact) mass is 512 g/mol. The summed E-state index contributed by atoms with van der Waals surface area (Å²) in [5.41, 5.74) is -0.503. The van der Waals surface area contributed by atoms with E-state index in [-0.39, 0.29) is 22.1 Å². The molecule has 5 nitrogen and oxygen atoms in total. The van der Waals surface area contributed by atoms with Crippen LogP contribution >= 0.6 is 23.4 Å². The van der Waals surface area contributed by atoms with Gasteiger partial charge in [0.05, 0.1) is 0 Å². The van der Waals surface area contributed by atoms with Crippen molar-refractivity contribution in [1.82, 2.24) is 5.01 Å². The van der Waals surface area contributed by atoms with Gasteiger partial charge in [0.1, 0.15) is 33.4 Å². The second-order valence-electron chi connectivity index (χ2n) is 7.12. The van der Waals surface area contributed by atoms with Crippen molar-refractivity contribution < 1.29 is 36.2 Å². The number of fused-ring (bicyclic) bond motifs is 1. The Morgan fingerprint density at radius 1 is 1.03 bits per heavy atom. The number of hydrazone groups is 1. The third kappa shape index (κ3) is 3.94. The standard InChI is InChI=1S/C22H10ClF5N2O3S/c23-11-6-4-10(5-7-11)19-29-30(20(31)17-14(25)8-12(24)9-15(17)26)21(34-19)13-2-1-3-16-18(13)33-22(27,28)32-16/h1-9,21H. The molecule has 2 aliphatic rings. The van der Waals surface area contributed by atoms with Gasteiger partial charge in [-0.3, -0.25) is 4.79 Å². The zero-order valence-corrected chi connectivity index (χ0v) is 18.1. The van der Waals surface area contributed by atoms with Gasteiger partial charge in [-0.05, 0) is 18.2 Å². The van der Waals surface area contributed by atoms with E-state index in [4.69, 9.17) is 11.6 Å². The van der Waals surface area contributed by atoms with E-state index in [1.54, 1.807) is 24.3 Å². The second kappa shape index (κ2) is 8.17. The third-order valence-corrected chi connectivity index (χ3v) is 6.36. The Hall–Kier alpha value is -3.31. The molecule has 2 aliphatic heterocycles. The van der Waals surface area contributed by atoms with Gasteiger partial charge in [-0.15, -0.1) is 8.78 Å². The van der Waals surface area contributed by atoms with E-state index in [1.165, 1.54) is 18.2 Å². The molecule has 174 valence electrons. The van der Waals surface area contributed by atoms with Crippen LogP contribution in [0.2, 0.25) is 5.02 Å². The average Bonchev–Trinajstić information content (AvgIpc) is 3.33. The maximum atomic E-state index is 14.4. The van der Waals surface area contributed by atoms with Gasteiger partial charge < -0.3 is 9.47 Å². The van der Waals surface area contributed by atoms with E-state index in [9.17, 15) is 26.7 Å². The summed E-state index contributed by atoms with van der Waals surface area (Å²) in [6, 6.07) is 11.1. The Labute approximate surface area is 197 Å². The molecular formula is C22H10ClF5N2O3S. The quantitative estimate of drug-likeness (QED) is 0.385. The van der Waals surface area contributed by atoms with Crippen molar-refractivity contribution in [3.63, 3.8) is 0 Å². The van der Waals surface area contributed by atoms with Gasteiger partial charge in [-0.2, -0.15) is 5.10 Å². The predicted octanol–water partition coefficient (Wildman–Crippen LogP) is 6.33. The van der Waals surface area contributed by atoms with Crippen molar-refractivity contribution in [2.24, 2.45) is 5.10 Å². The summed E-state index contributed by atoms with van der Waals surface area (Å²) in [6.45, 7) is 0. The summed E-state index contributed by atoms with van der Waals surface area (Å²) in [7, 11) is 0. The van der Waals surface area contributed by atoms with Crippen molar-refractivity contribution in [2.75, 3.05) is 0 Å². The first-order valence-corrected chi connectivity index (χ1v) is 10.8. The van der Waals surface area contributed by atoms with Crippen molar-refractivity contribution in [2.45, 2.75) is 11.7 Å². The Morgan fingerprint density at radius 3 is 2.38 bits per heavy atom. The van der Waals surface area contributed by atoms with Crippen LogP contribution in [0.25, 0.3) is 0 Å². The van der Waals surface area contributed by atoms with Gasteiger partial charge >= 0.3 is 6.29 Å². The lowest BCUT2D eigenvalue weighted by Crippen LogP contribution is -2.29. The molecule has 0 N–H and O–H groups in total. The number of rotatable bonds is 3. The lowest BCUT2D eigenvalue weighted by molar-refractivity contribution is -0.287. The van der Waals surface area contributed by atoms with Crippen LogP contribution in [0.3, 0.4) is 0 Å². The summed E-state index contributed by atoms with van der Waals surface area (Å²) in [5.74, 6) is -5.97. The Balaban J connectivity index is 1.61. The van der Waals surface area contributed by atoms with E-state index >= 15 is 0 Å². The van der Waals surface area contributed by atoms with E-state index in [1.807, 2.05) is 0 Å². The van der Waals surface area contributed by atoms with E-state index < -0.39 is 40.6 Å². The minimum absolute atomic E-state index is 0.0451. The molecule has 1 unspecified atom stereocenters. The highest BCUT2D eigenvalue weighted by Gasteiger charge is 2.47. The van der Waals surface area contributed by atoms with Crippen LogP contribution in [-0.4, -0.2) is 22.3 Å². The average molecular weight is 513 g/mol. The number of carbonyl (C=O) groups excluding carboxylic acids is 1. The first-order valence-electron chi connectivity index (χ1n) is 9.51. The van der Waals surface area contributed by atoms with Gasteiger partial charge in [0.15, 0.2) is 11.5 Å². The van der Waals surface area contributed by atoms with Crippen molar-refractivity contribution in [1.29, 1.82) is 0 Å². The van der Waals surface area contributed by atoms with Gasteiger partial charge in [0.2, 0.25) is 0 Å². The number of benzene rings is 3. The number of halogens is 6. The third-order valence-electron chi connectivity index (χ3n) is 4.89. The normalized spacial score (nSPS) is 18.2. The molecule has 0 saturated heterocycles. The number of ether oxygens (including phenoxy) is 2. The molecule has 3 aromatic carbocycles. The van der Waals surface area contributed by atoms with Crippen molar-refractivity contribution >= 4 is 34.3 Å². The molecule has 1 amide bonds. The summed E-state index contributed by atoms with van der Waals surface area (Å²) in [6.07, 6.45) is -3.94. The molecule has 2 heterocycles. The van der Waals surface area contributed by atoms with Crippen LogP contribution in [0, 0.1) is 17.5 Å². The highest BCUT2D eigenvalue weighted by atomic mass is 35.5. The largest absolute Gasteiger partial charge is 0.586 e. The SMILES string of the molecule is O=C(c1c(F)cc(F)cc1F)N1N=C(c2ccc(Cl)cc2)SC1c1cccc2c1OC(F)(F)O2. The highest BCUT2D eigenvalue weighted by Crippen LogP contribution is 2.51. The molecule has 34 heavy (non-hydrogen) atoms. The number of amides is 1. The zero-order chi connectivity index (χ0) is 24.2. The predicted molar refractivity (Wildman–Crippen MR) is 113 cm³/mol. The number of carbonyl (C=O) groups is 1. The second-order valence-corrected chi connectivity index (χ2v) is 8.62. The summed E-state index contributed by atoms with van der Waals surface area (Å²) >= 11 is 6.86. The molecule has 12 heteroatoms. The number of thioether (sulfide) groups is 1. The number of hydrogen-bond donors (Lipinski definition) is 0. The topological polar surface area (TPSA) is 51.1 Å². The fourth-order valence-electron chi connectivity index (χ4n) is 3.44. The van der Waals surface area contributed by atoms with E-state index in [2.05, 4.69) is 14.6 Å². The zero-order valence-electron chi connectivity index (χ0n) is 16.6. The molecule has 0 spiro atoms. The minimum atomic E-state index is -3.94. The van der Waals surface area contributed by atoms with Crippen molar-refractivity contribution in [3.8, 4) is 11.5 Å². The number of nitrogens with zero attached hydrogens (tertiary/aromatic N) is 2. The van der Waals surface area contributed by atoms with Crippen molar-refractivity contribution in [3.05, 3.63) is 93.8 Å². The van der Waals surface area contributed by atoms with Crippen LogP contribution in [0.15, 0.2) is 59.7 Å². The molecule has 3 aromatic rings. The van der Waals surface area contributed by atoms with Gasteiger partial charge in [0, 0.05) is 28.3 Å². The van der Waals surface area contributed by atoms with Crippen LogP contribution < -0.4 is 9.47 Å². The summed E-state index contributed by atoms with van der Waals surface area (Å²) in [5, 5.41) is 4.42. The molecule has 0 bridgehead atoms. The number of alkyl halides is 2. The highest BCUT2D eigenvalue weighted by molar-refractivity contribution is 8.14. The van der Waals surface area contributed by atoms with Crippen LogP contribution in [-0.2, 0) is 0 Å². The summed E-state index contributed by atoms with van der Waals surface area (Å²) < 4.78 is 78.7. The Bertz CT molecular complexity index is 1330. The molecule has 0 saturated carbocycles. The van der Waals surface area contributed by atoms with E-state index in [0.717, 1.165) is 16.8 Å². The van der Waals surface area contributed by atoms with Crippen LogP contribution in [0.1, 0.15) is 26.9 Å². The molecule has 1 atom stereocenters. The molecule has 0 aromatic heterocycles. The Morgan fingerprint density at radius 2 is 1.71 bits per heavy atom.